The number of rotatable bonds is 10. The standard InChI is InChI=1S/C27H27N3O2S/c1-3-32-25-16-10-9-15-24(25)30-27(33-19-22-14-8-7-11-20(22)2)23(17-28)26(31)29-18-21-12-5-4-6-13-21/h4-16,30H,3,18-19H2,1-2H3,(H,29,31)/b27-23+. The number of carbonyl (C=O) groups excluding carboxylic acids is 1. The monoisotopic (exact) mass is 457 g/mol. The molecule has 0 aliphatic heterocycles. The van der Waals surface area contributed by atoms with Crippen molar-refractivity contribution in [3.63, 3.8) is 0 Å². The van der Waals surface area contributed by atoms with Crippen molar-refractivity contribution < 1.29 is 9.53 Å². The van der Waals surface area contributed by atoms with Gasteiger partial charge in [0.15, 0.2) is 0 Å². The lowest BCUT2D eigenvalue weighted by Crippen LogP contribution is -2.25. The average Bonchev–Trinajstić information content (AvgIpc) is 2.84. The van der Waals surface area contributed by atoms with Gasteiger partial charge in [-0.05, 0) is 42.7 Å². The number of nitriles is 1. The second-order valence-electron chi connectivity index (χ2n) is 7.25. The second-order valence-corrected chi connectivity index (χ2v) is 8.24. The van der Waals surface area contributed by atoms with Crippen LogP contribution in [0.1, 0.15) is 23.6 Å². The molecule has 0 radical (unpaired) electrons. The largest absolute Gasteiger partial charge is 0.492 e. The summed E-state index contributed by atoms with van der Waals surface area (Å²) in [6, 6.07) is 27.3. The summed E-state index contributed by atoms with van der Waals surface area (Å²) in [7, 11) is 0. The number of hydrogen-bond donors (Lipinski definition) is 2. The maximum atomic E-state index is 13.0. The topological polar surface area (TPSA) is 74.1 Å². The van der Waals surface area contributed by atoms with Gasteiger partial charge in [0.1, 0.15) is 17.4 Å². The minimum atomic E-state index is -0.421. The average molecular weight is 458 g/mol. The number of carbonyl (C=O) groups is 1. The highest BCUT2D eigenvalue weighted by molar-refractivity contribution is 8.02. The van der Waals surface area contributed by atoms with Crippen molar-refractivity contribution in [2.45, 2.75) is 26.1 Å². The summed E-state index contributed by atoms with van der Waals surface area (Å²) in [6.07, 6.45) is 0. The first kappa shape index (κ1) is 24.0. The number of benzene rings is 3. The van der Waals surface area contributed by atoms with E-state index in [2.05, 4.69) is 35.8 Å². The Morgan fingerprint density at radius 2 is 1.70 bits per heavy atom. The molecule has 6 heteroatoms. The lowest BCUT2D eigenvalue weighted by molar-refractivity contribution is -0.117. The van der Waals surface area contributed by atoms with Gasteiger partial charge in [0.2, 0.25) is 0 Å². The molecule has 33 heavy (non-hydrogen) atoms. The molecule has 0 aromatic heterocycles. The second kappa shape index (κ2) is 12.4. The number of nitrogens with one attached hydrogen (secondary N) is 2. The fraction of sp³-hybridized carbons (Fsp3) is 0.185. The number of aryl methyl sites for hydroxylation is 1. The van der Waals surface area contributed by atoms with Crippen LogP contribution in [0.15, 0.2) is 89.5 Å². The van der Waals surface area contributed by atoms with Gasteiger partial charge in [-0.3, -0.25) is 4.79 Å². The normalized spacial score (nSPS) is 11.2. The summed E-state index contributed by atoms with van der Waals surface area (Å²) in [5.74, 6) is 0.856. The predicted molar refractivity (Wildman–Crippen MR) is 135 cm³/mol. The van der Waals surface area contributed by atoms with E-state index in [1.807, 2.05) is 73.7 Å². The lowest BCUT2D eigenvalue weighted by Gasteiger charge is -2.17. The molecule has 0 atom stereocenters. The number of ether oxygens (including phenoxy) is 1. The number of anilines is 1. The first-order valence-corrected chi connectivity index (χ1v) is 11.7. The summed E-state index contributed by atoms with van der Waals surface area (Å²) in [5.41, 5.74) is 4.01. The zero-order valence-corrected chi connectivity index (χ0v) is 19.6. The minimum absolute atomic E-state index is 0.0378. The predicted octanol–water partition coefficient (Wildman–Crippen LogP) is 5.79. The number of nitrogens with zero attached hydrogens (tertiary/aromatic N) is 1. The zero-order chi connectivity index (χ0) is 23.5. The molecule has 0 spiro atoms. The highest BCUT2D eigenvalue weighted by atomic mass is 32.2. The van der Waals surface area contributed by atoms with Crippen LogP contribution in [0.3, 0.4) is 0 Å². The van der Waals surface area contributed by atoms with Crippen LogP contribution in [0.2, 0.25) is 0 Å². The molecule has 1 amide bonds. The van der Waals surface area contributed by atoms with Crippen molar-refractivity contribution in [3.05, 3.63) is 106 Å². The highest BCUT2D eigenvalue weighted by Crippen LogP contribution is 2.32. The quantitative estimate of drug-likeness (QED) is 0.298. The van der Waals surface area contributed by atoms with Crippen LogP contribution in [-0.2, 0) is 17.1 Å². The van der Waals surface area contributed by atoms with Crippen molar-refractivity contribution in [2.75, 3.05) is 11.9 Å². The maximum Gasteiger partial charge on any atom is 0.264 e. The Balaban J connectivity index is 1.89. The Morgan fingerprint density at radius 3 is 2.42 bits per heavy atom. The van der Waals surface area contributed by atoms with Crippen molar-refractivity contribution in [3.8, 4) is 11.8 Å². The third kappa shape index (κ3) is 6.90. The van der Waals surface area contributed by atoms with Crippen LogP contribution in [0, 0.1) is 18.3 Å². The highest BCUT2D eigenvalue weighted by Gasteiger charge is 2.18. The third-order valence-electron chi connectivity index (χ3n) is 4.93. The van der Waals surface area contributed by atoms with Crippen LogP contribution >= 0.6 is 11.8 Å². The smallest absolute Gasteiger partial charge is 0.264 e. The van der Waals surface area contributed by atoms with Gasteiger partial charge >= 0.3 is 0 Å². The van der Waals surface area contributed by atoms with E-state index in [0.717, 1.165) is 16.7 Å². The van der Waals surface area contributed by atoms with E-state index in [9.17, 15) is 10.1 Å². The fourth-order valence-electron chi connectivity index (χ4n) is 3.14. The molecule has 3 aromatic carbocycles. The SMILES string of the molecule is CCOc1ccccc1N/C(SCc1ccccc1C)=C(/C#N)C(=O)NCc1ccccc1. The van der Waals surface area contributed by atoms with Crippen LogP contribution < -0.4 is 15.4 Å². The maximum absolute atomic E-state index is 13.0. The van der Waals surface area contributed by atoms with Crippen LogP contribution in [-0.4, -0.2) is 12.5 Å². The van der Waals surface area contributed by atoms with Gasteiger partial charge in [-0.1, -0.05) is 66.7 Å². The first-order valence-electron chi connectivity index (χ1n) is 10.7. The molecule has 3 rings (SSSR count). The number of para-hydroxylation sites is 2. The van der Waals surface area contributed by atoms with Gasteiger partial charge in [0.05, 0.1) is 17.3 Å². The van der Waals surface area contributed by atoms with E-state index in [0.29, 0.717) is 35.4 Å². The Bertz CT molecular complexity index is 1150. The molecule has 0 saturated heterocycles. The van der Waals surface area contributed by atoms with Crippen LogP contribution in [0.5, 0.6) is 5.75 Å². The van der Waals surface area contributed by atoms with E-state index < -0.39 is 5.91 Å². The van der Waals surface area contributed by atoms with Gasteiger partial charge < -0.3 is 15.4 Å². The third-order valence-corrected chi connectivity index (χ3v) is 5.98. The Hall–Kier alpha value is -3.69. The van der Waals surface area contributed by atoms with Gasteiger partial charge in [-0.25, -0.2) is 0 Å². The van der Waals surface area contributed by atoms with Gasteiger partial charge in [-0.15, -0.1) is 11.8 Å². The zero-order valence-electron chi connectivity index (χ0n) is 18.8. The summed E-state index contributed by atoms with van der Waals surface area (Å²) in [4.78, 5) is 13.0. The van der Waals surface area contributed by atoms with Crippen LogP contribution in [0.25, 0.3) is 0 Å². The van der Waals surface area contributed by atoms with Crippen LogP contribution in [0.4, 0.5) is 5.69 Å². The van der Waals surface area contributed by atoms with E-state index in [1.54, 1.807) is 0 Å². The fourth-order valence-corrected chi connectivity index (χ4v) is 4.23. The van der Waals surface area contributed by atoms with Gasteiger partial charge in [0.25, 0.3) is 5.91 Å². The molecule has 0 aliphatic rings. The lowest BCUT2D eigenvalue weighted by atomic mass is 10.1. The molecule has 0 heterocycles. The molecule has 0 unspecified atom stereocenters. The Labute approximate surface area is 199 Å². The molecule has 0 fully saturated rings. The minimum Gasteiger partial charge on any atom is -0.492 e. The number of hydrogen-bond acceptors (Lipinski definition) is 5. The van der Waals surface area contributed by atoms with Crippen molar-refractivity contribution in [1.29, 1.82) is 5.26 Å². The molecule has 0 saturated carbocycles. The van der Waals surface area contributed by atoms with Gasteiger partial charge in [-0.2, -0.15) is 5.26 Å². The molecule has 0 aliphatic carbocycles. The van der Waals surface area contributed by atoms with Crippen molar-refractivity contribution >= 4 is 23.4 Å². The molecular formula is C27H27N3O2S. The molecule has 0 bridgehead atoms. The molecule has 168 valence electrons. The van der Waals surface area contributed by atoms with E-state index in [-0.39, 0.29) is 5.57 Å². The summed E-state index contributed by atoms with van der Waals surface area (Å²) >= 11 is 1.42. The number of thioether (sulfide) groups is 1. The number of amides is 1. The Morgan fingerprint density at radius 1 is 1.00 bits per heavy atom. The van der Waals surface area contributed by atoms with Crippen molar-refractivity contribution in [2.24, 2.45) is 0 Å². The Kier molecular flexibility index (Phi) is 8.98. The van der Waals surface area contributed by atoms with E-state index >= 15 is 0 Å². The molecule has 3 aromatic rings. The molecule has 5 nitrogen and oxygen atoms in total. The summed E-state index contributed by atoms with van der Waals surface area (Å²) < 4.78 is 5.72. The molecule has 2 N–H and O–H groups in total. The van der Waals surface area contributed by atoms with E-state index in [1.165, 1.54) is 11.8 Å². The summed E-state index contributed by atoms with van der Waals surface area (Å²) in [5, 5.41) is 16.5. The summed E-state index contributed by atoms with van der Waals surface area (Å²) in [6.45, 7) is 4.82. The van der Waals surface area contributed by atoms with Crippen molar-refractivity contribution in [1.82, 2.24) is 5.32 Å². The molecular weight excluding hydrogens is 430 g/mol. The van der Waals surface area contributed by atoms with E-state index in [4.69, 9.17) is 4.74 Å². The van der Waals surface area contributed by atoms with Gasteiger partial charge in [0, 0.05) is 12.3 Å². The first-order chi connectivity index (χ1) is 16.1.